The van der Waals surface area contributed by atoms with E-state index >= 15 is 0 Å². The summed E-state index contributed by atoms with van der Waals surface area (Å²) in [4.78, 5) is 25.4. The minimum absolute atomic E-state index is 0.170. The van der Waals surface area contributed by atoms with Crippen molar-refractivity contribution in [1.29, 1.82) is 0 Å². The average molecular weight is 533 g/mol. The van der Waals surface area contributed by atoms with E-state index in [1.54, 1.807) is 24.2 Å². The van der Waals surface area contributed by atoms with Gasteiger partial charge in [-0.1, -0.05) is 91.5 Å². The lowest BCUT2D eigenvalue weighted by atomic mass is 10.1. The van der Waals surface area contributed by atoms with Crippen LogP contribution in [-0.4, -0.2) is 25.3 Å². The summed E-state index contributed by atoms with van der Waals surface area (Å²) in [6, 6.07) is 18.5. The summed E-state index contributed by atoms with van der Waals surface area (Å²) in [5.41, 5.74) is 3.94. The zero-order valence-electron chi connectivity index (χ0n) is 21.1. The maximum absolute atomic E-state index is 12.8. The van der Waals surface area contributed by atoms with Crippen molar-refractivity contribution >= 4 is 23.4 Å². The molecule has 2 heterocycles. The van der Waals surface area contributed by atoms with Gasteiger partial charge in [0.05, 0.1) is 0 Å². The highest BCUT2D eigenvalue weighted by molar-refractivity contribution is 7.99. The second kappa shape index (κ2) is 14.7. The first-order chi connectivity index (χ1) is 18.2. The average Bonchev–Trinajstić information content (AvgIpc) is 2.92. The Morgan fingerprint density at radius 2 is 1.49 bits per heavy atom. The third kappa shape index (κ3) is 9.13. The summed E-state index contributed by atoms with van der Waals surface area (Å²) in [7, 11) is 0. The van der Waals surface area contributed by atoms with Gasteiger partial charge in [-0.15, -0.1) is 0 Å². The van der Waals surface area contributed by atoms with E-state index in [4.69, 9.17) is 11.6 Å². The van der Waals surface area contributed by atoms with Crippen LogP contribution >= 0.6 is 23.4 Å². The van der Waals surface area contributed by atoms with E-state index in [-0.39, 0.29) is 5.56 Å². The standard InChI is InChI=1S/C30H33ClN4OS/c31-28-15-13-24(14-16-28)10-6-3-1-2-4-9-17-37-30-34-29(36)27(18-26-19-32-23-33-20-26)22-35(30)21-25-11-7-5-8-12-25/h5,7-8,11-16,19-20,22-23H,1-4,6,9-10,17-18,21H2. The number of unbranched alkanes of at least 4 members (excludes halogenated alkanes) is 5. The van der Waals surface area contributed by atoms with Crippen LogP contribution in [0.4, 0.5) is 0 Å². The number of halogens is 1. The lowest BCUT2D eigenvalue weighted by molar-refractivity contribution is 0.608. The molecule has 0 bridgehead atoms. The Morgan fingerprint density at radius 3 is 2.24 bits per heavy atom. The van der Waals surface area contributed by atoms with E-state index in [0.717, 1.165) is 34.3 Å². The van der Waals surface area contributed by atoms with Crippen molar-refractivity contribution in [2.24, 2.45) is 0 Å². The minimum Gasteiger partial charge on any atom is -0.323 e. The summed E-state index contributed by atoms with van der Waals surface area (Å²) >= 11 is 7.64. The van der Waals surface area contributed by atoms with E-state index < -0.39 is 0 Å². The molecule has 4 aromatic rings. The molecule has 0 aliphatic rings. The second-order valence-electron chi connectivity index (χ2n) is 9.24. The molecule has 0 aliphatic carbocycles. The van der Waals surface area contributed by atoms with Crippen molar-refractivity contribution in [3.8, 4) is 0 Å². The molecule has 0 N–H and O–H groups in total. The predicted molar refractivity (Wildman–Crippen MR) is 152 cm³/mol. The van der Waals surface area contributed by atoms with Crippen LogP contribution in [0.5, 0.6) is 0 Å². The van der Waals surface area contributed by atoms with E-state index in [0.29, 0.717) is 18.5 Å². The number of rotatable bonds is 14. The summed E-state index contributed by atoms with van der Waals surface area (Å²) in [5, 5.41) is 1.58. The Bertz CT molecular complexity index is 1280. The first-order valence-corrected chi connectivity index (χ1v) is 14.3. The quantitative estimate of drug-likeness (QED) is 0.0993. The summed E-state index contributed by atoms with van der Waals surface area (Å²) in [5.74, 6) is 0.956. The van der Waals surface area contributed by atoms with E-state index in [1.807, 2.05) is 36.5 Å². The molecule has 7 heteroatoms. The van der Waals surface area contributed by atoms with E-state index in [1.165, 1.54) is 49.6 Å². The molecule has 0 aliphatic heterocycles. The first-order valence-electron chi connectivity index (χ1n) is 12.9. The molecule has 5 nitrogen and oxygen atoms in total. The number of hydrogen-bond acceptors (Lipinski definition) is 5. The molecule has 0 radical (unpaired) electrons. The van der Waals surface area contributed by atoms with Crippen LogP contribution in [-0.2, 0) is 19.4 Å². The Kier molecular flexibility index (Phi) is 10.8. The van der Waals surface area contributed by atoms with Crippen LogP contribution in [0.3, 0.4) is 0 Å². The number of benzene rings is 2. The van der Waals surface area contributed by atoms with Gasteiger partial charge in [-0.3, -0.25) is 4.79 Å². The fourth-order valence-electron chi connectivity index (χ4n) is 4.25. The Morgan fingerprint density at radius 1 is 0.784 bits per heavy atom. The van der Waals surface area contributed by atoms with Gasteiger partial charge in [0.2, 0.25) is 0 Å². The monoisotopic (exact) mass is 532 g/mol. The molecule has 0 amide bonds. The largest absolute Gasteiger partial charge is 0.323 e. The van der Waals surface area contributed by atoms with Gasteiger partial charge in [-0.2, -0.15) is 4.98 Å². The fraction of sp³-hybridized carbons (Fsp3) is 0.333. The molecule has 0 atom stereocenters. The van der Waals surface area contributed by atoms with Crippen molar-refractivity contribution < 1.29 is 0 Å². The van der Waals surface area contributed by atoms with Gasteiger partial charge < -0.3 is 4.57 Å². The van der Waals surface area contributed by atoms with Crippen LogP contribution < -0.4 is 5.56 Å². The van der Waals surface area contributed by atoms with E-state index in [2.05, 4.69) is 43.8 Å². The molecule has 2 aromatic carbocycles. The van der Waals surface area contributed by atoms with Crippen molar-refractivity contribution in [2.45, 2.75) is 63.1 Å². The number of thioether (sulfide) groups is 1. The van der Waals surface area contributed by atoms with Gasteiger partial charge in [0, 0.05) is 47.9 Å². The number of nitrogens with zero attached hydrogens (tertiary/aromatic N) is 4. The highest BCUT2D eigenvalue weighted by Crippen LogP contribution is 2.20. The molecule has 37 heavy (non-hydrogen) atoms. The number of aryl methyl sites for hydroxylation is 1. The van der Waals surface area contributed by atoms with Crippen molar-refractivity contribution in [2.75, 3.05) is 5.75 Å². The summed E-state index contributed by atoms with van der Waals surface area (Å²) in [6.45, 7) is 0.683. The van der Waals surface area contributed by atoms with Crippen molar-refractivity contribution in [1.82, 2.24) is 19.5 Å². The third-order valence-corrected chi connectivity index (χ3v) is 7.57. The molecule has 0 saturated carbocycles. The number of aromatic nitrogens is 4. The Balaban J connectivity index is 1.26. The SMILES string of the molecule is O=c1nc(SCCCCCCCCc2ccc(Cl)cc2)n(Cc2ccccc2)cc1Cc1cncnc1. The third-order valence-electron chi connectivity index (χ3n) is 6.24. The Labute approximate surface area is 228 Å². The van der Waals surface area contributed by atoms with Gasteiger partial charge in [-0.25, -0.2) is 9.97 Å². The normalized spacial score (nSPS) is 11.1. The highest BCUT2D eigenvalue weighted by atomic mass is 35.5. The lowest BCUT2D eigenvalue weighted by Crippen LogP contribution is -2.20. The predicted octanol–water partition coefficient (Wildman–Crippen LogP) is 7.00. The van der Waals surface area contributed by atoms with Crippen LogP contribution in [0.25, 0.3) is 0 Å². The van der Waals surface area contributed by atoms with Crippen molar-refractivity contribution in [3.63, 3.8) is 0 Å². The zero-order chi connectivity index (χ0) is 25.7. The molecule has 2 aromatic heterocycles. The zero-order valence-corrected chi connectivity index (χ0v) is 22.6. The maximum atomic E-state index is 12.8. The topological polar surface area (TPSA) is 60.7 Å². The van der Waals surface area contributed by atoms with Crippen LogP contribution in [0, 0.1) is 0 Å². The van der Waals surface area contributed by atoms with Crippen LogP contribution in [0.2, 0.25) is 5.02 Å². The molecule has 4 rings (SSSR count). The van der Waals surface area contributed by atoms with Crippen LogP contribution in [0.15, 0.2) is 89.5 Å². The van der Waals surface area contributed by atoms with E-state index in [9.17, 15) is 4.79 Å². The molecule has 0 fully saturated rings. The highest BCUT2D eigenvalue weighted by Gasteiger charge is 2.11. The fourth-order valence-corrected chi connectivity index (χ4v) is 5.33. The van der Waals surface area contributed by atoms with Gasteiger partial charge >= 0.3 is 0 Å². The van der Waals surface area contributed by atoms with Crippen LogP contribution in [0.1, 0.15) is 60.8 Å². The van der Waals surface area contributed by atoms with Gasteiger partial charge in [-0.05, 0) is 48.1 Å². The molecule has 192 valence electrons. The molecular formula is C30H33ClN4OS. The lowest BCUT2D eigenvalue weighted by Gasteiger charge is -2.14. The molecule has 0 saturated heterocycles. The maximum Gasteiger partial charge on any atom is 0.277 e. The second-order valence-corrected chi connectivity index (χ2v) is 10.7. The van der Waals surface area contributed by atoms with Gasteiger partial charge in [0.25, 0.3) is 5.56 Å². The molecule has 0 spiro atoms. The van der Waals surface area contributed by atoms with Gasteiger partial charge in [0.1, 0.15) is 6.33 Å². The minimum atomic E-state index is -0.170. The van der Waals surface area contributed by atoms with Crippen molar-refractivity contribution in [3.05, 3.63) is 117 Å². The summed E-state index contributed by atoms with van der Waals surface area (Å²) < 4.78 is 2.11. The van der Waals surface area contributed by atoms with Gasteiger partial charge in [0.15, 0.2) is 5.16 Å². The molecule has 0 unspecified atom stereocenters. The first kappa shape index (κ1) is 27.1. The molecular weight excluding hydrogens is 500 g/mol. The summed E-state index contributed by atoms with van der Waals surface area (Å²) in [6.07, 6.45) is 15.8. The smallest absolute Gasteiger partial charge is 0.277 e. The Hall–Kier alpha value is -2.96. The number of hydrogen-bond donors (Lipinski definition) is 0.